The minimum atomic E-state index is -0.462. The average Bonchev–Trinajstić information content (AvgIpc) is 3.40. The monoisotopic (exact) mass is 398 g/mol. The van der Waals surface area contributed by atoms with E-state index in [1.807, 2.05) is 0 Å². The molecule has 1 saturated carbocycles. The topological polar surface area (TPSA) is 98.8 Å². The molecule has 0 saturated heterocycles. The molecule has 1 fully saturated rings. The van der Waals surface area contributed by atoms with E-state index in [-0.39, 0.29) is 22.8 Å². The van der Waals surface area contributed by atoms with Gasteiger partial charge in [-0.05, 0) is 49.1 Å². The molecule has 1 aromatic heterocycles. The minimum Gasteiger partial charge on any atom is -0.595 e. The van der Waals surface area contributed by atoms with E-state index in [1.165, 1.54) is 10.7 Å². The summed E-state index contributed by atoms with van der Waals surface area (Å²) in [5, 5.41) is 34.2. The summed E-state index contributed by atoms with van der Waals surface area (Å²) in [7, 11) is 0. The predicted octanol–water partition coefficient (Wildman–Crippen LogP) is 3.68. The molecule has 124 valence electrons. The first-order valence-electron chi connectivity index (χ1n) is 7.64. The molecule has 1 aliphatic rings. The molecule has 0 amide bonds. The van der Waals surface area contributed by atoms with Gasteiger partial charge in [0.25, 0.3) is 11.2 Å². The van der Waals surface area contributed by atoms with Crippen LogP contribution in [0.1, 0.15) is 30.0 Å². The lowest BCUT2D eigenvalue weighted by atomic mass is 10.0. The summed E-state index contributed by atoms with van der Waals surface area (Å²) in [6.45, 7) is 0. The van der Waals surface area contributed by atoms with Crippen molar-refractivity contribution >= 4 is 32.5 Å². The first-order valence-corrected chi connectivity index (χ1v) is 8.43. The molecule has 0 spiro atoms. The second kappa shape index (κ2) is 5.57. The van der Waals surface area contributed by atoms with Gasteiger partial charge in [-0.15, -0.1) is 0 Å². The van der Waals surface area contributed by atoms with Crippen LogP contribution in [0.3, 0.4) is 0 Å². The Balaban J connectivity index is 2.05. The largest absolute Gasteiger partial charge is 0.595 e. The van der Waals surface area contributed by atoms with Crippen molar-refractivity contribution in [2.24, 2.45) is 0 Å². The number of nitriles is 1. The Hall–Kier alpha value is -2.92. The second-order valence-electron chi connectivity index (χ2n) is 5.98. The van der Waals surface area contributed by atoms with Crippen LogP contribution < -0.4 is 4.85 Å². The van der Waals surface area contributed by atoms with Gasteiger partial charge in [0.15, 0.2) is 5.69 Å². The second-order valence-corrected chi connectivity index (χ2v) is 6.90. The normalized spacial score (nSPS) is 13.8. The van der Waals surface area contributed by atoms with E-state index in [4.69, 9.17) is 0 Å². The summed E-state index contributed by atoms with van der Waals surface area (Å²) < 4.78 is 2.08. The maximum absolute atomic E-state index is 12.8. The number of hydrogen-bond donors (Lipinski definition) is 0. The van der Waals surface area contributed by atoms with E-state index in [9.17, 15) is 20.6 Å². The van der Waals surface area contributed by atoms with Crippen molar-refractivity contribution < 1.29 is 9.77 Å². The molecule has 2 aromatic carbocycles. The van der Waals surface area contributed by atoms with Gasteiger partial charge in [-0.3, -0.25) is 10.1 Å². The maximum atomic E-state index is 12.8. The summed E-state index contributed by atoms with van der Waals surface area (Å²) in [5.74, 6) is 0.132. The summed E-state index contributed by atoms with van der Waals surface area (Å²) >= 11 is 3.33. The lowest BCUT2D eigenvalue weighted by Gasteiger charge is -2.04. The molecule has 25 heavy (non-hydrogen) atoms. The number of rotatable bonds is 3. The van der Waals surface area contributed by atoms with Crippen LogP contribution in [-0.2, 0) is 0 Å². The molecule has 0 atom stereocenters. The molecule has 1 heterocycles. The zero-order valence-electron chi connectivity index (χ0n) is 12.8. The van der Waals surface area contributed by atoms with E-state index in [0.717, 1.165) is 17.3 Å². The van der Waals surface area contributed by atoms with E-state index < -0.39 is 4.92 Å². The number of nitro groups is 1. The molecule has 0 N–H and O–H groups in total. The fourth-order valence-electron chi connectivity index (χ4n) is 3.06. The summed E-state index contributed by atoms with van der Waals surface area (Å²) in [5.41, 5.74) is 1.35. The first kappa shape index (κ1) is 15.6. The highest BCUT2D eigenvalue weighted by atomic mass is 79.9. The molecule has 0 unspecified atom stereocenters. The van der Waals surface area contributed by atoms with Crippen LogP contribution in [0.5, 0.6) is 0 Å². The lowest BCUT2D eigenvalue weighted by molar-refractivity contribution is -0.659. The fourth-order valence-corrected chi connectivity index (χ4v) is 3.32. The number of nitro benzene ring substituents is 1. The van der Waals surface area contributed by atoms with Crippen LogP contribution in [0.15, 0.2) is 40.9 Å². The van der Waals surface area contributed by atoms with Crippen molar-refractivity contribution in [3.8, 4) is 11.8 Å². The third-order valence-corrected chi connectivity index (χ3v) is 4.92. The highest BCUT2D eigenvalue weighted by Gasteiger charge is 2.34. The number of benzene rings is 2. The van der Waals surface area contributed by atoms with Crippen molar-refractivity contribution in [1.29, 1.82) is 5.26 Å². The van der Waals surface area contributed by atoms with E-state index in [0.29, 0.717) is 21.5 Å². The standard InChI is InChI=1S/C17H11BrN4O3/c18-11-3-5-12(6-4-11)20-17(9-19)14-7-13(10-1-2-10)16(22(24)25)8-15(14)21(20)23/h3-8,10H,1-2H2. The Morgan fingerprint density at radius 2 is 1.96 bits per heavy atom. The smallest absolute Gasteiger partial charge is 0.279 e. The van der Waals surface area contributed by atoms with E-state index >= 15 is 0 Å². The van der Waals surface area contributed by atoms with Crippen molar-refractivity contribution in [2.45, 2.75) is 18.8 Å². The van der Waals surface area contributed by atoms with E-state index in [2.05, 4.69) is 22.0 Å². The molecule has 1 aliphatic carbocycles. The fraction of sp³-hybridized carbons (Fsp3) is 0.176. The zero-order valence-corrected chi connectivity index (χ0v) is 14.4. The average molecular weight is 399 g/mol. The van der Waals surface area contributed by atoms with Gasteiger partial charge in [-0.2, -0.15) is 5.26 Å². The number of nitrogens with zero attached hydrogens (tertiary/aromatic N) is 4. The molecule has 8 heteroatoms. The van der Waals surface area contributed by atoms with E-state index in [1.54, 1.807) is 30.3 Å². The van der Waals surface area contributed by atoms with Gasteiger partial charge >= 0.3 is 0 Å². The maximum Gasteiger partial charge on any atom is 0.279 e. The van der Waals surface area contributed by atoms with Crippen molar-refractivity contribution in [3.05, 3.63) is 67.4 Å². The number of aromatic nitrogens is 2. The van der Waals surface area contributed by atoms with Gasteiger partial charge in [0.2, 0.25) is 0 Å². The number of fused-ring (bicyclic) bond motifs is 1. The quantitative estimate of drug-likeness (QED) is 0.290. The minimum absolute atomic E-state index is 0.0583. The zero-order chi connectivity index (χ0) is 17.7. The highest BCUT2D eigenvalue weighted by molar-refractivity contribution is 9.10. The van der Waals surface area contributed by atoms with Crippen LogP contribution in [0.25, 0.3) is 16.6 Å². The van der Waals surface area contributed by atoms with Gasteiger partial charge in [-0.25, -0.2) is 0 Å². The summed E-state index contributed by atoms with van der Waals surface area (Å²) in [4.78, 5) is 11.5. The third kappa shape index (κ3) is 2.44. The van der Waals surface area contributed by atoms with Crippen LogP contribution in [-0.4, -0.2) is 9.61 Å². The molecular weight excluding hydrogens is 388 g/mol. The van der Waals surface area contributed by atoms with Crippen molar-refractivity contribution in [1.82, 2.24) is 4.68 Å². The molecule has 0 aliphatic heterocycles. The summed E-state index contributed by atoms with van der Waals surface area (Å²) in [6, 6.07) is 11.9. The molecular formula is C17H11BrN4O3. The van der Waals surface area contributed by atoms with Gasteiger partial charge in [0.1, 0.15) is 11.8 Å². The Morgan fingerprint density at radius 3 is 2.52 bits per heavy atom. The molecule has 4 rings (SSSR count). The predicted molar refractivity (Wildman–Crippen MR) is 93.3 cm³/mol. The van der Waals surface area contributed by atoms with Gasteiger partial charge < -0.3 is 5.21 Å². The van der Waals surface area contributed by atoms with Gasteiger partial charge in [0, 0.05) is 10.0 Å². The number of halogens is 1. The van der Waals surface area contributed by atoms with Crippen LogP contribution in [0, 0.1) is 26.7 Å². The third-order valence-electron chi connectivity index (χ3n) is 4.39. The molecule has 3 aromatic rings. The Kier molecular flexibility index (Phi) is 3.47. The molecule has 0 radical (unpaired) electrons. The summed E-state index contributed by atoms with van der Waals surface area (Å²) in [6.07, 6.45) is 1.78. The molecule has 0 bridgehead atoms. The van der Waals surface area contributed by atoms with Gasteiger partial charge in [-0.1, -0.05) is 25.5 Å². The SMILES string of the molecule is N#Cc1c2cc(C3CC3)c([N+](=O)[O-])cc2[n+]([O-])n1-c1ccc(Br)cc1. The Morgan fingerprint density at radius 1 is 1.28 bits per heavy atom. The molecule has 7 nitrogen and oxygen atoms in total. The Labute approximate surface area is 150 Å². The highest BCUT2D eigenvalue weighted by Crippen LogP contribution is 2.45. The first-order chi connectivity index (χ1) is 12.0. The van der Waals surface area contributed by atoms with Crippen LogP contribution in [0.2, 0.25) is 0 Å². The lowest BCUT2D eigenvalue weighted by Crippen LogP contribution is -2.37. The van der Waals surface area contributed by atoms with Crippen molar-refractivity contribution in [3.63, 3.8) is 0 Å². The Bertz CT molecular complexity index is 1060. The van der Waals surface area contributed by atoms with Crippen LogP contribution >= 0.6 is 15.9 Å². The van der Waals surface area contributed by atoms with Crippen molar-refractivity contribution in [2.75, 3.05) is 0 Å². The number of hydrogen-bond acceptors (Lipinski definition) is 4. The van der Waals surface area contributed by atoms with Gasteiger partial charge in [0.05, 0.1) is 16.4 Å². The van der Waals surface area contributed by atoms with Crippen LogP contribution in [0.4, 0.5) is 5.69 Å².